The van der Waals surface area contributed by atoms with Crippen molar-refractivity contribution in [2.45, 2.75) is 26.4 Å². The van der Waals surface area contributed by atoms with Gasteiger partial charge in [-0.25, -0.2) is 0 Å². The molecule has 2 aromatic rings. The Morgan fingerprint density at radius 1 is 1.24 bits per heavy atom. The highest BCUT2D eigenvalue weighted by atomic mass is 16.5. The zero-order valence-corrected chi connectivity index (χ0v) is 12.7. The monoisotopic (exact) mass is 287 g/mol. The molecule has 1 atom stereocenters. The molecule has 0 aliphatic carbocycles. The lowest BCUT2D eigenvalue weighted by Gasteiger charge is -2.16. The molecule has 2 aromatic carbocycles. The molecule has 21 heavy (non-hydrogen) atoms. The van der Waals surface area contributed by atoms with Crippen LogP contribution in [0.3, 0.4) is 0 Å². The summed E-state index contributed by atoms with van der Waals surface area (Å²) in [5, 5.41) is 5.47. The van der Waals surface area contributed by atoms with Crippen molar-refractivity contribution < 1.29 is 14.3 Å². The summed E-state index contributed by atoms with van der Waals surface area (Å²) in [4.78, 5) is 11.7. The lowest BCUT2D eigenvalue weighted by molar-refractivity contribution is -0.145. The van der Waals surface area contributed by atoms with Gasteiger partial charge >= 0.3 is 5.97 Å². The molecule has 0 heterocycles. The van der Waals surface area contributed by atoms with Crippen LogP contribution in [-0.4, -0.2) is 25.7 Å². The summed E-state index contributed by atoms with van der Waals surface area (Å²) in [6, 6.07) is 11.8. The Morgan fingerprint density at radius 2 is 2.00 bits per heavy atom. The van der Waals surface area contributed by atoms with Gasteiger partial charge in [-0.05, 0) is 30.7 Å². The van der Waals surface area contributed by atoms with E-state index >= 15 is 0 Å². The van der Waals surface area contributed by atoms with Crippen LogP contribution in [0, 0.1) is 0 Å². The average molecular weight is 287 g/mol. The molecule has 0 aromatic heterocycles. The van der Waals surface area contributed by atoms with Gasteiger partial charge in [-0.15, -0.1) is 0 Å². The van der Waals surface area contributed by atoms with Crippen molar-refractivity contribution in [3.8, 4) is 5.75 Å². The lowest BCUT2D eigenvalue weighted by Crippen LogP contribution is -2.35. The Morgan fingerprint density at radius 3 is 2.71 bits per heavy atom. The van der Waals surface area contributed by atoms with Gasteiger partial charge < -0.3 is 14.8 Å². The second kappa shape index (κ2) is 7.09. The Labute approximate surface area is 125 Å². The maximum absolute atomic E-state index is 11.7. The van der Waals surface area contributed by atoms with Gasteiger partial charge in [-0.1, -0.05) is 30.3 Å². The fourth-order valence-electron chi connectivity index (χ4n) is 2.30. The minimum atomic E-state index is -0.353. The Hall–Kier alpha value is -2.07. The first kappa shape index (κ1) is 15.3. The Bertz CT molecular complexity index is 624. The minimum absolute atomic E-state index is 0.239. The molecule has 0 fully saturated rings. The molecule has 4 nitrogen and oxygen atoms in total. The lowest BCUT2D eigenvalue weighted by atomic mass is 10.0. The van der Waals surface area contributed by atoms with E-state index in [0.717, 1.165) is 22.1 Å². The highest BCUT2D eigenvalue weighted by Crippen LogP contribution is 2.27. The van der Waals surface area contributed by atoms with Gasteiger partial charge in [0.25, 0.3) is 0 Å². The van der Waals surface area contributed by atoms with E-state index in [0.29, 0.717) is 13.2 Å². The van der Waals surface area contributed by atoms with Crippen LogP contribution >= 0.6 is 0 Å². The van der Waals surface area contributed by atoms with Crippen LogP contribution in [0.25, 0.3) is 10.8 Å². The molecule has 4 heteroatoms. The largest absolute Gasteiger partial charge is 0.496 e. The summed E-state index contributed by atoms with van der Waals surface area (Å²) >= 11 is 0. The van der Waals surface area contributed by atoms with Crippen molar-refractivity contribution in [3.63, 3.8) is 0 Å². The number of nitrogens with one attached hydrogen (secondary N) is 1. The van der Waals surface area contributed by atoms with Crippen LogP contribution in [0.2, 0.25) is 0 Å². The van der Waals surface area contributed by atoms with Crippen LogP contribution in [0.1, 0.15) is 19.4 Å². The summed E-state index contributed by atoms with van der Waals surface area (Å²) in [5.74, 6) is 0.578. The highest BCUT2D eigenvalue weighted by Gasteiger charge is 2.15. The molecule has 2 rings (SSSR count). The van der Waals surface area contributed by atoms with Crippen molar-refractivity contribution in [2.75, 3.05) is 13.7 Å². The molecule has 112 valence electrons. The van der Waals surface area contributed by atoms with E-state index in [1.54, 1.807) is 21.0 Å². The number of hydrogen-bond acceptors (Lipinski definition) is 4. The number of carbonyl (C=O) groups is 1. The molecule has 1 unspecified atom stereocenters. The molecule has 0 spiro atoms. The second-order valence-electron chi connectivity index (χ2n) is 4.82. The summed E-state index contributed by atoms with van der Waals surface area (Å²) < 4.78 is 10.4. The summed E-state index contributed by atoms with van der Waals surface area (Å²) in [7, 11) is 1.66. The fourth-order valence-corrected chi connectivity index (χ4v) is 2.30. The Balaban J connectivity index is 2.22. The third-order valence-corrected chi connectivity index (χ3v) is 3.44. The maximum Gasteiger partial charge on any atom is 0.322 e. The minimum Gasteiger partial charge on any atom is -0.496 e. The number of fused-ring (bicyclic) bond motifs is 1. The second-order valence-corrected chi connectivity index (χ2v) is 4.82. The predicted octanol–water partition coefficient (Wildman–Crippen LogP) is 2.89. The van der Waals surface area contributed by atoms with Crippen molar-refractivity contribution in [1.82, 2.24) is 5.32 Å². The third-order valence-electron chi connectivity index (χ3n) is 3.44. The van der Waals surface area contributed by atoms with Crippen LogP contribution in [-0.2, 0) is 16.1 Å². The van der Waals surface area contributed by atoms with E-state index in [4.69, 9.17) is 9.47 Å². The number of ether oxygens (including phenoxy) is 2. The van der Waals surface area contributed by atoms with E-state index in [2.05, 4.69) is 17.4 Å². The van der Waals surface area contributed by atoms with Gasteiger partial charge in [0.05, 0.1) is 13.7 Å². The van der Waals surface area contributed by atoms with Gasteiger partial charge in [0.2, 0.25) is 0 Å². The smallest absolute Gasteiger partial charge is 0.322 e. The van der Waals surface area contributed by atoms with E-state index < -0.39 is 0 Å². The molecule has 0 bridgehead atoms. The van der Waals surface area contributed by atoms with Crippen molar-refractivity contribution >= 4 is 16.7 Å². The zero-order chi connectivity index (χ0) is 15.2. The maximum atomic E-state index is 11.7. The summed E-state index contributed by atoms with van der Waals surface area (Å²) in [6.45, 7) is 4.54. The number of hydrogen-bond donors (Lipinski definition) is 1. The number of rotatable bonds is 6. The van der Waals surface area contributed by atoms with Crippen molar-refractivity contribution in [2.24, 2.45) is 0 Å². The van der Waals surface area contributed by atoms with Crippen LogP contribution in [0.15, 0.2) is 36.4 Å². The van der Waals surface area contributed by atoms with Gasteiger partial charge in [0, 0.05) is 12.1 Å². The van der Waals surface area contributed by atoms with Crippen molar-refractivity contribution in [1.29, 1.82) is 0 Å². The highest BCUT2D eigenvalue weighted by molar-refractivity contribution is 5.87. The molecule has 0 saturated heterocycles. The van der Waals surface area contributed by atoms with Crippen LogP contribution in [0.5, 0.6) is 5.75 Å². The first-order chi connectivity index (χ1) is 10.2. The summed E-state index contributed by atoms with van der Waals surface area (Å²) in [6.07, 6.45) is 0. The van der Waals surface area contributed by atoms with E-state index in [9.17, 15) is 4.79 Å². The van der Waals surface area contributed by atoms with Gasteiger partial charge in [0.1, 0.15) is 11.8 Å². The van der Waals surface area contributed by atoms with E-state index in [-0.39, 0.29) is 12.0 Å². The molecule has 0 aliphatic rings. The molecular weight excluding hydrogens is 266 g/mol. The van der Waals surface area contributed by atoms with Gasteiger partial charge in [-0.2, -0.15) is 0 Å². The topological polar surface area (TPSA) is 47.6 Å². The van der Waals surface area contributed by atoms with Crippen LogP contribution in [0.4, 0.5) is 0 Å². The quantitative estimate of drug-likeness (QED) is 0.830. The molecule has 0 aliphatic heterocycles. The Kier molecular flexibility index (Phi) is 5.17. The molecule has 1 N–H and O–H groups in total. The fraction of sp³-hybridized carbons (Fsp3) is 0.353. The SMILES string of the molecule is CCOC(=O)C(C)NCc1c(OC)ccc2ccccc12. The van der Waals surface area contributed by atoms with Crippen molar-refractivity contribution in [3.05, 3.63) is 42.0 Å². The zero-order valence-electron chi connectivity index (χ0n) is 12.7. The first-order valence-corrected chi connectivity index (χ1v) is 7.12. The molecule has 0 radical (unpaired) electrons. The number of benzene rings is 2. The van der Waals surface area contributed by atoms with Gasteiger partial charge in [-0.3, -0.25) is 4.79 Å². The van der Waals surface area contributed by atoms with E-state index in [1.165, 1.54) is 0 Å². The standard InChI is InChI=1S/C17H21NO3/c1-4-21-17(19)12(2)18-11-15-14-8-6-5-7-13(14)9-10-16(15)20-3/h5-10,12,18H,4,11H2,1-3H3. The molecular formula is C17H21NO3. The normalized spacial score (nSPS) is 12.1. The number of carbonyl (C=O) groups excluding carboxylic acids is 1. The molecule has 0 saturated carbocycles. The molecule has 0 amide bonds. The third kappa shape index (κ3) is 3.52. The van der Waals surface area contributed by atoms with Crippen LogP contribution < -0.4 is 10.1 Å². The summed E-state index contributed by atoms with van der Waals surface area (Å²) in [5.41, 5.74) is 1.05. The first-order valence-electron chi connectivity index (χ1n) is 7.12. The van der Waals surface area contributed by atoms with E-state index in [1.807, 2.05) is 24.3 Å². The predicted molar refractivity (Wildman–Crippen MR) is 83.4 cm³/mol. The van der Waals surface area contributed by atoms with Gasteiger partial charge in [0.15, 0.2) is 0 Å². The average Bonchev–Trinajstić information content (AvgIpc) is 2.52. The number of esters is 1. The number of methoxy groups -OCH3 is 1.